The van der Waals surface area contributed by atoms with Crippen LogP contribution >= 0.6 is 11.6 Å². The lowest BCUT2D eigenvalue weighted by atomic mass is 10.0. The summed E-state index contributed by atoms with van der Waals surface area (Å²) in [6, 6.07) is 5.85. The van der Waals surface area contributed by atoms with Crippen molar-refractivity contribution in [3.05, 3.63) is 28.8 Å². The van der Waals surface area contributed by atoms with Gasteiger partial charge in [-0.3, -0.25) is 4.79 Å². The Morgan fingerprint density at radius 1 is 1.38 bits per heavy atom. The molecular formula is C13H14ClNO. The number of halogens is 1. The number of rotatable bonds is 1. The second-order valence-electron chi connectivity index (χ2n) is 4.64. The predicted molar refractivity (Wildman–Crippen MR) is 64.9 cm³/mol. The normalized spacial score (nSPS) is 19.4. The summed E-state index contributed by atoms with van der Waals surface area (Å²) < 4.78 is 0. The van der Waals surface area contributed by atoms with Crippen LogP contribution in [0.3, 0.4) is 0 Å². The van der Waals surface area contributed by atoms with Crippen molar-refractivity contribution < 1.29 is 4.79 Å². The lowest BCUT2D eigenvalue weighted by molar-refractivity contribution is -0.119. The van der Waals surface area contributed by atoms with E-state index in [-0.39, 0.29) is 0 Å². The molecule has 2 nitrogen and oxygen atoms in total. The summed E-state index contributed by atoms with van der Waals surface area (Å²) in [5.41, 5.74) is 2.29. The monoisotopic (exact) mass is 235 g/mol. The van der Waals surface area contributed by atoms with Gasteiger partial charge in [-0.2, -0.15) is 0 Å². The smallest absolute Gasteiger partial charge is 0.230 e. The van der Waals surface area contributed by atoms with Gasteiger partial charge in [-0.25, -0.2) is 0 Å². The Labute approximate surface area is 100 Å². The zero-order valence-electron chi connectivity index (χ0n) is 9.08. The van der Waals surface area contributed by atoms with E-state index in [1.54, 1.807) is 0 Å². The third kappa shape index (κ3) is 1.71. The summed E-state index contributed by atoms with van der Waals surface area (Å²) in [5, 5.41) is 0.763. The van der Waals surface area contributed by atoms with Gasteiger partial charge in [0, 0.05) is 23.2 Å². The molecule has 1 saturated carbocycles. The number of carbonyl (C=O) groups is 1. The highest BCUT2D eigenvalue weighted by Gasteiger charge is 2.35. The van der Waals surface area contributed by atoms with Crippen LogP contribution in [0, 0.1) is 5.92 Å². The molecule has 2 aliphatic rings. The van der Waals surface area contributed by atoms with Crippen LogP contribution in [0.15, 0.2) is 18.2 Å². The van der Waals surface area contributed by atoms with Crippen LogP contribution < -0.4 is 4.90 Å². The Morgan fingerprint density at radius 2 is 2.19 bits per heavy atom. The van der Waals surface area contributed by atoms with Crippen molar-refractivity contribution in [2.24, 2.45) is 5.92 Å². The van der Waals surface area contributed by atoms with E-state index in [9.17, 15) is 4.79 Å². The molecule has 1 amide bonds. The first-order chi connectivity index (χ1) is 7.75. The van der Waals surface area contributed by atoms with Gasteiger partial charge in [-0.05, 0) is 49.4 Å². The van der Waals surface area contributed by atoms with Crippen LogP contribution in [-0.4, -0.2) is 12.5 Å². The van der Waals surface area contributed by atoms with Crippen LogP contribution in [0.1, 0.15) is 24.8 Å². The predicted octanol–water partition coefficient (Wildman–Crippen LogP) is 3.03. The molecule has 0 bridgehead atoms. The van der Waals surface area contributed by atoms with Crippen LogP contribution in [0.5, 0.6) is 0 Å². The molecule has 0 atom stereocenters. The molecular weight excluding hydrogens is 222 g/mol. The SMILES string of the molecule is O=C(C1CC1)N1CCCc2cc(Cl)ccc21. The van der Waals surface area contributed by atoms with Crippen molar-refractivity contribution in [1.29, 1.82) is 0 Å². The molecule has 0 aromatic heterocycles. The van der Waals surface area contributed by atoms with E-state index in [1.807, 2.05) is 23.1 Å². The first-order valence-electron chi connectivity index (χ1n) is 5.85. The number of carbonyl (C=O) groups excluding carboxylic acids is 1. The highest BCUT2D eigenvalue weighted by atomic mass is 35.5. The average Bonchev–Trinajstić information content (AvgIpc) is 3.10. The van der Waals surface area contributed by atoms with Gasteiger partial charge in [0.1, 0.15) is 0 Å². The van der Waals surface area contributed by atoms with Gasteiger partial charge in [-0.15, -0.1) is 0 Å². The quantitative estimate of drug-likeness (QED) is 0.733. The number of benzene rings is 1. The number of fused-ring (bicyclic) bond motifs is 1. The van der Waals surface area contributed by atoms with Crippen molar-refractivity contribution >= 4 is 23.2 Å². The van der Waals surface area contributed by atoms with E-state index < -0.39 is 0 Å². The average molecular weight is 236 g/mol. The third-order valence-corrected chi connectivity index (χ3v) is 3.59. The van der Waals surface area contributed by atoms with Crippen LogP contribution in [0.4, 0.5) is 5.69 Å². The van der Waals surface area contributed by atoms with E-state index in [0.717, 1.165) is 42.9 Å². The van der Waals surface area contributed by atoms with E-state index in [1.165, 1.54) is 5.56 Å². The summed E-state index contributed by atoms with van der Waals surface area (Å²) in [7, 11) is 0. The molecule has 84 valence electrons. The van der Waals surface area contributed by atoms with Gasteiger partial charge in [0.05, 0.1) is 0 Å². The molecule has 3 rings (SSSR count). The van der Waals surface area contributed by atoms with Gasteiger partial charge < -0.3 is 4.90 Å². The Kier molecular flexibility index (Phi) is 2.40. The van der Waals surface area contributed by atoms with E-state index in [0.29, 0.717) is 11.8 Å². The minimum atomic E-state index is 0.293. The molecule has 1 aliphatic carbocycles. The molecule has 1 fully saturated rings. The minimum absolute atomic E-state index is 0.293. The van der Waals surface area contributed by atoms with Gasteiger partial charge in [-0.1, -0.05) is 11.6 Å². The summed E-state index contributed by atoms with van der Waals surface area (Å²) in [6.45, 7) is 0.865. The van der Waals surface area contributed by atoms with Gasteiger partial charge in [0.25, 0.3) is 0 Å². The van der Waals surface area contributed by atoms with E-state index >= 15 is 0 Å². The first-order valence-corrected chi connectivity index (χ1v) is 6.23. The Balaban J connectivity index is 1.95. The van der Waals surface area contributed by atoms with Crippen LogP contribution in [0.25, 0.3) is 0 Å². The Hall–Kier alpha value is -1.02. The second-order valence-corrected chi connectivity index (χ2v) is 5.08. The fourth-order valence-electron chi connectivity index (χ4n) is 2.35. The molecule has 0 spiro atoms. The van der Waals surface area contributed by atoms with E-state index in [2.05, 4.69) is 0 Å². The number of anilines is 1. The van der Waals surface area contributed by atoms with Crippen LogP contribution in [-0.2, 0) is 11.2 Å². The first kappa shape index (κ1) is 10.2. The van der Waals surface area contributed by atoms with Gasteiger partial charge >= 0.3 is 0 Å². The van der Waals surface area contributed by atoms with Crippen molar-refractivity contribution in [3.8, 4) is 0 Å². The van der Waals surface area contributed by atoms with Crippen molar-refractivity contribution in [1.82, 2.24) is 0 Å². The number of hydrogen-bond acceptors (Lipinski definition) is 1. The highest BCUT2D eigenvalue weighted by Crippen LogP contribution is 2.36. The summed E-state index contributed by atoms with van der Waals surface area (Å²) in [6.07, 6.45) is 4.21. The zero-order valence-corrected chi connectivity index (χ0v) is 9.83. The molecule has 0 unspecified atom stereocenters. The molecule has 1 aliphatic heterocycles. The third-order valence-electron chi connectivity index (χ3n) is 3.35. The zero-order chi connectivity index (χ0) is 11.1. The topological polar surface area (TPSA) is 20.3 Å². The maximum Gasteiger partial charge on any atom is 0.230 e. The fraction of sp³-hybridized carbons (Fsp3) is 0.462. The Morgan fingerprint density at radius 3 is 2.94 bits per heavy atom. The summed E-state index contributed by atoms with van der Waals surface area (Å²) in [4.78, 5) is 14.1. The minimum Gasteiger partial charge on any atom is -0.312 e. The van der Waals surface area contributed by atoms with E-state index in [4.69, 9.17) is 11.6 Å². The fourth-order valence-corrected chi connectivity index (χ4v) is 2.54. The van der Waals surface area contributed by atoms with Gasteiger partial charge in [0.2, 0.25) is 5.91 Å². The number of aryl methyl sites for hydroxylation is 1. The van der Waals surface area contributed by atoms with Crippen LogP contribution in [0.2, 0.25) is 5.02 Å². The molecule has 1 heterocycles. The molecule has 1 aromatic rings. The largest absolute Gasteiger partial charge is 0.312 e. The standard InChI is InChI=1S/C13H14ClNO/c14-11-5-6-12-10(8-11)2-1-7-15(12)13(16)9-3-4-9/h5-6,8-9H,1-4,7H2. The van der Waals surface area contributed by atoms with Crippen molar-refractivity contribution in [3.63, 3.8) is 0 Å². The number of nitrogens with zero attached hydrogens (tertiary/aromatic N) is 1. The van der Waals surface area contributed by atoms with Gasteiger partial charge in [0.15, 0.2) is 0 Å². The molecule has 0 radical (unpaired) electrons. The molecule has 16 heavy (non-hydrogen) atoms. The molecule has 1 aromatic carbocycles. The van der Waals surface area contributed by atoms with Crippen molar-refractivity contribution in [2.45, 2.75) is 25.7 Å². The molecule has 3 heteroatoms. The lowest BCUT2D eigenvalue weighted by Gasteiger charge is -2.29. The van der Waals surface area contributed by atoms with Crippen molar-refractivity contribution in [2.75, 3.05) is 11.4 Å². The molecule has 0 N–H and O–H groups in total. The second kappa shape index (κ2) is 3.77. The number of hydrogen-bond donors (Lipinski definition) is 0. The lowest BCUT2D eigenvalue weighted by Crippen LogP contribution is -2.36. The Bertz CT molecular complexity index is 440. The maximum atomic E-state index is 12.1. The highest BCUT2D eigenvalue weighted by molar-refractivity contribution is 6.30. The summed E-state index contributed by atoms with van der Waals surface area (Å²) in [5.74, 6) is 0.602. The molecule has 0 saturated heterocycles. The number of amides is 1. The maximum absolute atomic E-state index is 12.1. The summed E-state index contributed by atoms with van der Waals surface area (Å²) >= 11 is 5.98.